The van der Waals surface area contributed by atoms with E-state index in [4.69, 9.17) is 15.2 Å². The molecule has 3 rings (SSSR count). The molecule has 5 N–H and O–H groups in total. The van der Waals surface area contributed by atoms with Crippen LogP contribution in [0.1, 0.15) is 24.0 Å². The number of Topliss-reactive ketones (excluding diaryl/α,β-unsaturated/α-hetero) is 1. The number of ketones is 1. The number of hydrogen-bond acceptors (Lipinski definition) is 11. The zero-order chi connectivity index (χ0) is 32.3. The third-order valence-electron chi connectivity index (χ3n) is 6.43. The third kappa shape index (κ3) is 9.92. The summed E-state index contributed by atoms with van der Waals surface area (Å²) in [6, 6.07) is 12.7. The van der Waals surface area contributed by atoms with E-state index in [9.17, 15) is 32.4 Å². The molecule has 0 aromatic heterocycles. The van der Waals surface area contributed by atoms with Gasteiger partial charge in [-0.25, -0.2) is 13.2 Å². The molecule has 15 heteroatoms. The van der Waals surface area contributed by atoms with Crippen LogP contribution in [0.4, 0.5) is 0 Å². The minimum atomic E-state index is -3.37. The van der Waals surface area contributed by atoms with Crippen molar-refractivity contribution in [1.82, 2.24) is 16.0 Å². The van der Waals surface area contributed by atoms with E-state index < -0.39 is 45.4 Å². The van der Waals surface area contributed by atoms with Crippen LogP contribution in [0.3, 0.4) is 0 Å². The lowest BCUT2D eigenvalue weighted by Crippen LogP contribution is -2.44. The van der Waals surface area contributed by atoms with Gasteiger partial charge in [-0.1, -0.05) is 24.3 Å². The molecular formula is C29H34N4O9S2. The van der Waals surface area contributed by atoms with Crippen molar-refractivity contribution >= 4 is 63.1 Å². The number of esters is 1. The van der Waals surface area contributed by atoms with Crippen molar-refractivity contribution in [1.29, 1.82) is 0 Å². The van der Waals surface area contributed by atoms with Gasteiger partial charge in [-0.2, -0.15) is 12.6 Å². The maximum absolute atomic E-state index is 12.9. The highest BCUT2D eigenvalue weighted by atomic mass is 32.2. The molecule has 1 heterocycles. The van der Waals surface area contributed by atoms with Gasteiger partial charge >= 0.3 is 5.97 Å². The molecule has 0 bridgehead atoms. The van der Waals surface area contributed by atoms with Crippen molar-refractivity contribution in [3.8, 4) is 5.75 Å². The number of thiol groups is 1. The van der Waals surface area contributed by atoms with Gasteiger partial charge in [0.15, 0.2) is 21.7 Å². The van der Waals surface area contributed by atoms with Gasteiger partial charge < -0.3 is 31.2 Å². The van der Waals surface area contributed by atoms with Gasteiger partial charge in [0.2, 0.25) is 17.7 Å². The first kappa shape index (κ1) is 34.3. The van der Waals surface area contributed by atoms with E-state index in [-0.39, 0.29) is 36.9 Å². The van der Waals surface area contributed by atoms with E-state index >= 15 is 0 Å². The minimum absolute atomic E-state index is 0.0301. The topological polar surface area (TPSA) is 200 Å². The number of hydrogen-bond donors (Lipinski definition) is 5. The van der Waals surface area contributed by atoms with Crippen LogP contribution in [-0.4, -0.2) is 88.8 Å². The van der Waals surface area contributed by atoms with Crippen LogP contribution < -0.4 is 26.4 Å². The van der Waals surface area contributed by atoms with Crippen LogP contribution in [0, 0.1) is 0 Å². The normalized spacial score (nSPS) is 13.6. The van der Waals surface area contributed by atoms with Gasteiger partial charge in [-0.3, -0.25) is 19.2 Å². The van der Waals surface area contributed by atoms with Crippen molar-refractivity contribution in [2.24, 2.45) is 5.73 Å². The number of nitrogens with one attached hydrogen (secondary N) is 3. The summed E-state index contributed by atoms with van der Waals surface area (Å²) in [6.07, 6.45) is 0.967. The Morgan fingerprint density at radius 2 is 1.48 bits per heavy atom. The van der Waals surface area contributed by atoms with E-state index in [1.165, 1.54) is 12.1 Å². The monoisotopic (exact) mass is 646 g/mol. The standard InChI is InChI=1S/C29H34N4O9S2/c1-44(39,40)21-10-6-18(7-11-21)22-16-41-29(38)28(22)19-4-8-20(9-5-19)42-24(3-2-12-30)23(34)13-31-25(35)14-32-26(36)15-33-27(37)17-43/h4-11,24,43H,2-3,12-17,30H2,1H3,(H,31,35)(H,32,36)(H,33,37). The highest BCUT2D eigenvalue weighted by molar-refractivity contribution is 7.90. The van der Waals surface area contributed by atoms with E-state index in [0.29, 0.717) is 47.4 Å². The summed E-state index contributed by atoms with van der Waals surface area (Å²) >= 11 is 3.78. The fraction of sp³-hybridized carbons (Fsp3) is 0.345. The zero-order valence-corrected chi connectivity index (χ0v) is 25.7. The quantitative estimate of drug-likeness (QED) is 0.121. The van der Waals surface area contributed by atoms with Crippen molar-refractivity contribution < 1.29 is 41.9 Å². The molecule has 0 saturated carbocycles. The summed E-state index contributed by atoms with van der Waals surface area (Å²) < 4.78 is 34.8. The smallest absolute Gasteiger partial charge is 0.339 e. The lowest BCUT2D eigenvalue weighted by molar-refractivity contribution is -0.134. The van der Waals surface area contributed by atoms with Gasteiger partial charge in [-0.05, 0) is 54.8 Å². The number of ether oxygens (including phenoxy) is 2. The lowest BCUT2D eigenvalue weighted by atomic mass is 9.96. The number of nitrogens with two attached hydrogens (primary N) is 1. The Balaban J connectivity index is 1.64. The Bertz CT molecular complexity index is 1520. The van der Waals surface area contributed by atoms with Crippen molar-refractivity contribution in [2.75, 3.05) is 44.8 Å². The third-order valence-corrected chi connectivity index (χ3v) is 7.85. The molecule has 1 aliphatic heterocycles. The molecular weight excluding hydrogens is 612 g/mol. The van der Waals surface area contributed by atoms with Gasteiger partial charge in [-0.15, -0.1) is 0 Å². The van der Waals surface area contributed by atoms with E-state index in [1.54, 1.807) is 36.4 Å². The summed E-state index contributed by atoms with van der Waals surface area (Å²) in [5.74, 6) is -2.28. The maximum atomic E-state index is 12.9. The minimum Gasteiger partial charge on any atom is -0.483 e. The van der Waals surface area contributed by atoms with Gasteiger partial charge in [0.05, 0.1) is 35.9 Å². The molecule has 3 amide bonds. The van der Waals surface area contributed by atoms with Crippen LogP contribution in [-0.2, 0) is 38.5 Å². The highest BCUT2D eigenvalue weighted by Crippen LogP contribution is 2.34. The number of rotatable bonds is 16. The number of benzene rings is 2. The van der Waals surface area contributed by atoms with E-state index in [2.05, 4.69) is 28.6 Å². The predicted molar refractivity (Wildman–Crippen MR) is 164 cm³/mol. The molecule has 0 aliphatic carbocycles. The second kappa shape index (κ2) is 16.0. The Hall–Kier alpha value is -4.21. The van der Waals surface area contributed by atoms with Gasteiger partial charge in [0.1, 0.15) is 12.4 Å². The molecule has 13 nitrogen and oxygen atoms in total. The van der Waals surface area contributed by atoms with Gasteiger partial charge in [0, 0.05) is 11.8 Å². The average molecular weight is 647 g/mol. The first-order chi connectivity index (χ1) is 20.9. The molecule has 0 saturated heterocycles. The highest BCUT2D eigenvalue weighted by Gasteiger charge is 2.28. The molecule has 1 atom stereocenters. The number of carbonyl (C=O) groups excluding carboxylic acids is 5. The zero-order valence-electron chi connectivity index (χ0n) is 24.0. The SMILES string of the molecule is CS(=O)(=O)c1ccc(C2=C(c3ccc(OC(CCCN)C(=O)CNC(=O)CNC(=O)CNC(=O)CS)cc3)C(=O)OC2)cc1. The van der Waals surface area contributed by atoms with Crippen LogP contribution >= 0.6 is 12.6 Å². The van der Waals surface area contributed by atoms with Crippen LogP contribution in [0.5, 0.6) is 5.75 Å². The summed E-state index contributed by atoms with van der Waals surface area (Å²) in [7, 11) is -3.37. The fourth-order valence-electron chi connectivity index (χ4n) is 4.12. The fourth-order valence-corrected chi connectivity index (χ4v) is 4.86. The predicted octanol–water partition coefficient (Wildman–Crippen LogP) is -0.108. The second-order valence-electron chi connectivity index (χ2n) is 9.74. The molecule has 0 fully saturated rings. The Morgan fingerprint density at radius 3 is 2.05 bits per heavy atom. The number of carbonyl (C=O) groups is 5. The molecule has 0 radical (unpaired) electrons. The molecule has 2 aromatic carbocycles. The van der Waals surface area contributed by atoms with E-state index in [0.717, 1.165) is 6.26 Å². The Morgan fingerprint density at radius 1 is 0.909 bits per heavy atom. The Labute approximate surface area is 260 Å². The number of sulfone groups is 1. The van der Waals surface area contributed by atoms with Gasteiger partial charge in [0.25, 0.3) is 0 Å². The molecule has 2 aromatic rings. The summed E-state index contributed by atoms with van der Waals surface area (Å²) in [5.41, 5.74) is 7.75. The van der Waals surface area contributed by atoms with Crippen LogP contribution in [0.2, 0.25) is 0 Å². The Kier molecular flexibility index (Phi) is 12.5. The van der Waals surface area contributed by atoms with E-state index in [1.807, 2.05) is 0 Å². The lowest BCUT2D eigenvalue weighted by Gasteiger charge is -2.18. The van der Waals surface area contributed by atoms with Crippen molar-refractivity contribution in [2.45, 2.75) is 23.8 Å². The first-order valence-corrected chi connectivity index (χ1v) is 16.1. The van der Waals surface area contributed by atoms with Crippen molar-refractivity contribution in [3.63, 3.8) is 0 Å². The molecule has 1 aliphatic rings. The molecule has 236 valence electrons. The molecule has 44 heavy (non-hydrogen) atoms. The maximum Gasteiger partial charge on any atom is 0.339 e. The summed E-state index contributed by atoms with van der Waals surface area (Å²) in [5, 5.41) is 7.08. The molecule has 0 spiro atoms. The average Bonchev–Trinajstić information content (AvgIpc) is 3.40. The van der Waals surface area contributed by atoms with Crippen LogP contribution in [0.25, 0.3) is 11.1 Å². The summed E-state index contributed by atoms with van der Waals surface area (Å²) in [6.45, 7) is -0.697. The number of cyclic esters (lactones) is 1. The van der Waals surface area contributed by atoms with Crippen molar-refractivity contribution in [3.05, 3.63) is 59.7 Å². The summed E-state index contributed by atoms with van der Waals surface area (Å²) in [4.78, 5) is 60.6. The first-order valence-electron chi connectivity index (χ1n) is 13.5. The second-order valence-corrected chi connectivity index (χ2v) is 12.1. The molecule has 1 unspecified atom stereocenters. The number of amides is 3. The van der Waals surface area contributed by atoms with Crippen LogP contribution in [0.15, 0.2) is 53.4 Å². The largest absolute Gasteiger partial charge is 0.483 e.